The third-order valence-electron chi connectivity index (χ3n) is 7.34. The van der Waals surface area contributed by atoms with Gasteiger partial charge in [-0.3, -0.25) is 4.79 Å². The van der Waals surface area contributed by atoms with Crippen LogP contribution in [0.1, 0.15) is 49.7 Å². The molecule has 4 bridgehead atoms. The van der Waals surface area contributed by atoms with Crippen LogP contribution in [0.2, 0.25) is 0 Å². The molecule has 0 radical (unpaired) electrons. The van der Waals surface area contributed by atoms with Gasteiger partial charge in [-0.25, -0.2) is 0 Å². The summed E-state index contributed by atoms with van der Waals surface area (Å²) in [5, 5.41) is 14.0. The highest BCUT2D eigenvalue weighted by molar-refractivity contribution is 6.01. The molecule has 4 aliphatic rings. The lowest BCUT2D eigenvalue weighted by atomic mass is 9.46. The Balaban J connectivity index is 1.25. The summed E-state index contributed by atoms with van der Waals surface area (Å²) in [5.41, 5.74) is 2.73. The molecule has 2 atom stereocenters. The van der Waals surface area contributed by atoms with E-state index in [1.165, 1.54) is 24.8 Å². The van der Waals surface area contributed by atoms with E-state index in [9.17, 15) is 9.90 Å². The molecule has 0 heterocycles. The second-order valence-corrected chi connectivity index (χ2v) is 9.64. The van der Waals surface area contributed by atoms with Gasteiger partial charge in [0.15, 0.2) is 0 Å². The van der Waals surface area contributed by atoms with Crippen LogP contribution >= 0.6 is 0 Å². The molecule has 4 heteroatoms. The van der Waals surface area contributed by atoms with Crippen LogP contribution in [-0.2, 0) is 10.2 Å². The Morgan fingerprint density at radius 2 is 1.70 bits per heavy atom. The van der Waals surface area contributed by atoms with Crippen LogP contribution in [0.15, 0.2) is 54.6 Å². The fraction of sp³-hybridized carbons (Fsp3) is 0.423. The molecule has 0 aromatic heterocycles. The standard InChI is InChI=1S/C26H29NO3/c1-30-23-9-2-18(3-10-23)4-11-24(28)27-22-7-5-21(6-8-22)25-13-19-12-20(14-25)16-26(29,15-19)17-25/h2-11,19-20,29H,12-17H2,1H3,(H,27,28)/b11-4+/t19-,20-,25?,26?/m1/s1. The molecule has 4 fully saturated rings. The Bertz CT molecular complexity index is 947. The topological polar surface area (TPSA) is 58.6 Å². The van der Waals surface area contributed by atoms with E-state index in [-0.39, 0.29) is 11.3 Å². The first-order valence-electron chi connectivity index (χ1n) is 10.9. The predicted octanol–water partition coefficient (Wildman–Crippen LogP) is 4.93. The van der Waals surface area contributed by atoms with Gasteiger partial charge in [-0.05, 0) is 97.2 Å². The summed E-state index contributed by atoms with van der Waals surface area (Å²) in [6.45, 7) is 0. The van der Waals surface area contributed by atoms with Crippen LogP contribution in [0.3, 0.4) is 0 Å². The largest absolute Gasteiger partial charge is 0.497 e. The first kappa shape index (κ1) is 19.4. The summed E-state index contributed by atoms with van der Waals surface area (Å²) in [6.07, 6.45) is 9.88. The maximum Gasteiger partial charge on any atom is 0.248 e. The normalized spacial score (nSPS) is 31.8. The number of rotatable bonds is 5. The fourth-order valence-electron chi connectivity index (χ4n) is 6.53. The van der Waals surface area contributed by atoms with Gasteiger partial charge in [0.25, 0.3) is 0 Å². The molecule has 0 unspecified atom stereocenters. The van der Waals surface area contributed by atoms with E-state index >= 15 is 0 Å². The molecule has 0 spiro atoms. The van der Waals surface area contributed by atoms with Crippen LogP contribution in [0.25, 0.3) is 6.08 Å². The zero-order valence-electron chi connectivity index (χ0n) is 17.4. The molecule has 156 valence electrons. The quantitative estimate of drug-likeness (QED) is 0.696. The van der Waals surface area contributed by atoms with E-state index in [1.54, 1.807) is 19.3 Å². The van der Waals surface area contributed by atoms with Crippen molar-refractivity contribution in [3.8, 4) is 5.75 Å². The molecule has 0 saturated heterocycles. The smallest absolute Gasteiger partial charge is 0.248 e. The molecule has 30 heavy (non-hydrogen) atoms. The van der Waals surface area contributed by atoms with Crippen LogP contribution in [-0.4, -0.2) is 23.7 Å². The third-order valence-corrected chi connectivity index (χ3v) is 7.34. The summed E-state index contributed by atoms with van der Waals surface area (Å²) in [5.74, 6) is 1.97. The Morgan fingerprint density at radius 3 is 2.30 bits per heavy atom. The van der Waals surface area contributed by atoms with Gasteiger partial charge in [0, 0.05) is 11.8 Å². The first-order valence-corrected chi connectivity index (χ1v) is 10.9. The van der Waals surface area contributed by atoms with Crippen LogP contribution in [0.5, 0.6) is 5.75 Å². The van der Waals surface area contributed by atoms with Crippen molar-refractivity contribution in [2.75, 3.05) is 12.4 Å². The average molecular weight is 404 g/mol. The molecule has 2 aromatic rings. The summed E-state index contributed by atoms with van der Waals surface area (Å²) < 4.78 is 5.15. The first-order chi connectivity index (χ1) is 14.5. The zero-order chi connectivity index (χ0) is 20.8. The van der Waals surface area contributed by atoms with Crippen LogP contribution < -0.4 is 10.1 Å². The monoisotopic (exact) mass is 403 g/mol. The summed E-state index contributed by atoms with van der Waals surface area (Å²) in [4.78, 5) is 12.3. The van der Waals surface area contributed by atoms with Crippen LogP contribution in [0.4, 0.5) is 5.69 Å². The van der Waals surface area contributed by atoms with Crippen molar-refractivity contribution >= 4 is 17.7 Å². The highest BCUT2D eigenvalue weighted by atomic mass is 16.5. The van der Waals surface area contributed by atoms with E-state index in [4.69, 9.17) is 4.74 Å². The molecule has 6 rings (SSSR count). The van der Waals surface area contributed by atoms with Gasteiger partial charge in [0.2, 0.25) is 5.91 Å². The van der Waals surface area contributed by atoms with Gasteiger partial charge in [-0.1, -0.05) is 24.3 Å². The Morgan fingerprint density at radius 1 is 1.03 bits per heavy atom. The maximum absolute atomic E-state index is 12.3. The van der Waals surface area contributed by atoms with Gasteiger partial charge in [0.05, 0.1) is 12.7 Å². The van der Waals surface area contributed by atoms with Gasteiger partial charge < -0.3 is 15.2 Å². The number of anilines is 1. The molecule has 4 aliphatic carbocycles. The Kier molecular flexibility index (Phi) is 4.70. The molecule has 0 aliphatic heterocycles. The maximum atomic E-state index is 12.3. The minimum atomic E-state index is -0.455. The highest BCUT2D eigenvalue weighted by Crippen LogP contribution is 2.62. The van der Waals surface area contributed by atoms with Gasteiger partial charge in [-0.2, -0.15) is 0 Å². The Hall–Kier alpha value is -2.59. The number of carbonyl (C=O) groups is 1. The predicted molar refractivity (Wildman–Crippen MR) is 118 cm³/mol. The SMILES string of the molecule is COc1ccc(/C=C/C(=O)Nc2ccc(C34C[C@H]5C[C@@H](CC(O)(C5)C3)C4)cc2)cc1. The van der Waals surface area contributed by atoms with Gasteiger partial charge >= 0.3 is 0 Å². The van der Waals surface area contributed by atoms with E-state index in [2.05, 4.69) is 17.4 Å². The fourth-order valence-corrected chi connectivity index (χ4v) is 6.53. The number of methoxy groups -OCH3 is 1. The number of aliphatic hydroxyl groups is 1. The van der Waals surface area contributed by atoms with Crippen molar-refractivity contribution in [2.45, 2.75) is 49.5 Å². The number of ether oxygens (including phenoxy) is 1. The second kappa shape index (κ2) is 7.28. The summed E-state index contributed by atoms with van der Waals surface area (Å²) in [6, 6.07) is 15.9. The van der Waals surface area contributed by atoms with Crippen molar-refractivity contribution < 1.29 is 14.6 Å². The zero-order valence-corrected chi connectivity index (χ0v) is 17.4. The van der Waals surface area contributed by atoms with Crippen molar-refractivity contribution in [2.24, 2.45) is 11.8 Å². The minimum Gasteiger partial charge on any atom is -0.497 e. The van der Waals surface area contributed by atoms with Crippen molar-refractivity contribution in [3.63, 3.8) is 0 Å². The lowest BCUT2D eigenvalue weighted by Gasteiger charge is -2.60. The third kappa shape index (κ3) is 3.65. The average Bonchev–Trinajstić information content (AvgIpc) is 2.71. The number of amides is 1. The van der Waals surface area contributed by atoms with Crippen LogP contribution in [0, 0.1) is 11.8 Å². The number of hydrogen-bond donors (Lipinski definition) is 2. The molecule has 4 nitrogen and oxygen atoms in total. The van der Waals surface area contributed by atoms with Gasteiger partial charge in [-0.15, -0.1) is 0 Å². The number of nitrogens with one attached hydrogen (secondary N) is 1. The lowest BCUT2D eigenvalue weighted by molar-refractivity contribution is -0.137. The number of carbonyl (C=O) groups excluding carboxylic acids is 1. The van der Waals surface area contributed by atoms with E-state index in [0.29, 0.717) is 11.8 Å². The summed E-state index contributed by atoms with van der Waals surface area (Å²) >= 11 is 0. The molecule has 2 aromatic carbocycles. The number of benzene rings is 2. The van der Waals surface area contributed by atoms with E-state index in [0.717, 1.165) is 36.3 Å². The lowest BCUT2D eigenvalue weighted by Crippen LogP contribution is -2.57. The highest BCUT2D eigenvalue weighted by Gasteiger charge is 2.57. The molecule has 4 saturated carbocycles. The Labute approximate surface area is 178 Å². The van der Waals surface area contributed by atoms with Crippen molar-refractivity contribution in [1.29, 1.82) is 0 Å². The molecule has 2 N–H and O–H groups in total. The minimum absolute atomic E-state index is 0.121. The van der Waals surface area contributed by atoms with Gasteiger partial charge in [0.1, 0.15) is 5.75 Å². The number of hydrogen-bond acceptors (Lipinski definition) is 3. The summed E-state index contributed by atoms with van der Waals surface area (Å²) in [7, 11) is 1.63. The second-order valence-electron chi connectivity index (χ2n) is 9.64. The van der Waals surface area contributed by atoms with E-state index in [1.807, 2.05) is 36.4 Å². The van der Waals surface area contributed by atoms with Crippen molar-refractivity contribution in [3.05, 3.63) is 65.7 Å². The molecular formula is C26H29NO3. The molecule has 1 amide bonds. The van der Waals surface area contributed by atoms with Crippen molar-refractivity contribution in [1.82, 2.24) is 0 Å². The van der Waals surface area contributed by atoms with E-state index < -0.39 is 5.60 Å². The molecular weight excluding hydrogens is 374 g/mol.